The van der Waals surface area contributed by atoms with Crippen LogP contribution in [0, 0.1) is 0 Å². The fraction of sp³-hybridized carbons (Fsp3) is 0.400. The van der Waals surface area contributed by atoms with Crippen molar-refractivity contribution < 1.29 is 5.11 Å². The Morgan fingerprint density at radius 2 is 2.23 bits per heavy atom. The molecule has 0 heterocycles. The fourth-order valence-corrected chi connectivity index (χ4v) is 1.40. The lowest BCUT2D eigenvalue weighted by Gasteiger charge is -2.20. The average molecular weight is 200 g/mol. The number of nitrogens with zero attached hydrogens (tertiary/aromatic N) is 1. The van der Waals surface area contributed by atoms with Crippen LogP contribution in [0.15, 0.2) is 24.3 Å². The number of anilines is 1. The maximum atomic E-state index is 9.18. The summed E-state index contributed by atoms with van der Waals surface area (Å²) >= 11 is 5.84. The number of aliphatic hydroxyl groups is 1. The summed E-state index contributed by atoms with van der Waals surface area (Å²) in [6.07, 6.45) is -0.330. The van der Waals surface area contributed by atoms with Crippen LogP contribution in [0.4, 0.5) is 5.69 Å². The number of aliphatic hydroxyl groups excluding tert-OH is 1. The van der Waals surface area contributed by atoms with E-state index < -0.39 is 0 Å². The zero-order chi connectivity index (χ0) is 9.84. The first-order chi connectivity index (χ1) is 6.09. The fourth-order valence-electron chi connectivity index (χ4n) is 1.22. The second-order valence-corrected chi connectivity index (χ2v) is 3.65. The van der Waals surface area contributed by atoms with Crippen molar-refractivity contribution in [2.75, 3.05) is 18.5 Å². The summed E-state index contributed by atoms with van der Waals surface area (Å²) in [6.45, 7) is 2.38. The molecule has 0 spiro atoms. The number of hydrogen-bond acceptors (Lipinski definition) is 2. The van der Waals surface area contributed by atoms with Gasteiger partial charge in [0.1, 0.15) is 0 Å². The van der Waals surface area contributed by atoms with Crippen molar-refractivity contribution in [1.82, 2.24) is 0 Å². The number of likely N-dealkylation sites (N-methyl/N-ethyl adjacent to an activating group) is 1. The van der Waals surface area contributed by atoms with Crippen LogP contribution in [0.3, 0.4) is 0 Å². The highest BCUT2D eigenvalue weighted by molar-refractivity contribution is 6.30. The van der Waals surface area contributed by atoms with Gasteiger partial charge in [0, 0.05) is 24.3 Å². The van der Waals surface area contributed by atoms with E-state index >= 15 is 0 Å². The Balaban J connectivity index is 2.71. The number of hydrogen-bond donors (Lipinski definition) is 1. The van der Waals surface area contributed by atoms with Gasteiger partial charge in [-0.2, -0.15) is 0 Å². The Morgan fingerprint density at radius 1 is 1.54 bits per heavy atom. The zero-order valence-electron chi connectivity index (χ0n) is 7.87. The van der Waals surface area contributed by atoms with Gasteiger partial charge in [0.2, 0.25) is 0 Å². The van der Waals surface area contributed by atoms with Crippen LogP contribution < -0.4 is 4.90 Å². The first-order valence-corrected chi connectivity index (χ1v) is 4.62. The van der Waals surface area contributed by atoms with E-state index in [1.54, 1.807) is 6.92 Å². The van der Waals surface area contributed by atoms with Gasteiger partial charge in [0.15, 0.2) is 0 Å². The molecule has 0 radical (unpaired) electrons. The van der Waals surface area contributed by atoms with E-state index in [0.717, 1.165) is 10.7 Å². The standard InChI is InChI=1S/C10H14ClNO/c1-8(13)7-12(2)10-5-3-4-9(11)6-10/h3-6,8,13H,7H2,1-2H3. The highest BCUT2D eigenvalue weighted by atomic mass is 35.5. The van der Waals surface area contributed by atoms with Crippen molar-refractivity contribution in [3.63, 3.8) is 0 Å². The first-order valence-electron chi connectivity index (χ1n) is 4.24. The van der Waals surface area contributed by atoms with Crippen molar-refractivity contribution in [1.29, 1.82) is 0 Å². The summed E-state index contributed by atoms with van der Waals surface area (Å²) in [5, 5.41) is 9.90. The second-order valence-electron chi connectivity index (χ2n) is 3.21. The van der Waals surface area contributed by atoms with Gasteiger partial charge < -0.3 is 10.0 Å². The maximum absolute atomic E-state index is 9.18. The maximum Gasteiger partial charge on any atom is 0.0686 e. The molecule has 0 aliphatic rings. The molecule has 1 unspecified atom stereocenters. The highest BCUT2D eigenvalue weighted by Crippen LogP contribution is 2.18. The van der Waals surface area contributed by atoms with Crippen LogP contribution in [0.25, 0.3) is 0 Å². The molecule has 0 aliphatic carbocycles. The molecule has 1 N–H and O–H groups in total. The quantitative estimate of drug-likeness (QED) is 0.807. The van der Waals surface area contributed by atoms with Crippen LogP contribution >= 0.6 is 11.6 Å². The predicted octanol–water partition coefficient (Wildman–Crippen LogP) is 2.16. The molecule has 0 aliphatic heterocycles. The van der Waals surface area contributed by atoms with E-state index in [1.807, 2.05) is 36.2 Å². The minimum atomic E-state index is -0.330. The Labute approximate surface area is 83.7 Å². The van der Waals surface area contributed by atoms with Crippen molar-refractivity contribution in [2.45, 2.75) is 13.0 Å². The zero-order valence-corrected chi connectivity index (χ0v) is 8.62. The van der Waals surface area contributed by atoms with Crippen LogP contribution in [0.5, 0.6) is 0 Å². The lowest BCUT2D eigenvalue weighted by Crippen LogP contribution is -2.26. The molecule has 0 aromatic heterocycles. The van der Waals surface area contributed by atoms with Crippen molar-refractivity contribution >= 4 is 17.3 Å². The molecule has 1 aromatic carbocycles. The smallest absolute Gasteiger partial charge is 0.0686 e. The van der Waals surface area contributed by atoms with Gasteiger partial charge in [-0.3, -0.25) is 0 Å². The second kappa shape index (κ2) is 4.49. The van der Waals surface area contributed by atoms with Crippen LogP contribution in [-0.4, -0.2) is 24.8 Å². The van der Waals surface area contributed by atoms with Gasteiger partial charge in [0.25, 0.3) is 0 Å². The molecule has 1 aromatic rings. The normalized spacial score (nSPS) is 12.6. The molecule has 72 valence electrons. The largest absolute Gasteiger partial charge is 0.392 e. The molecule has 0 bridgehead atoms. The molecular formula is C10H14ClNO. The Morgan fingerprint density at radius 3 is 2.77 bits per heavy atom. The Kier molecular flexibility index (Phi) is 3.58. The minimum Gasteiger partial charge on any atom is -0.392 e. The molecule has 0 fully saturated rings. The van der Waals surface area contributed by atoms with Gasteiger partial charge in [0.05, 0.1) is 6.10 Å². The van der Waals surface area contributed by atoms with Crippen molar-refractivity contribution in [3.05, 3.63) is 29.3 Å². The third-order valence-electron chi connectivity index (χ3n) is 1.79. The number of rotatable bonds is 3. The molecule has 1 rings (SSSR count). The van der Waals surface area contributed by atoms with E-state index in [0.29, 0.717) is 6.54 Å². The molecule has 1 atom stereocenters. The van der Waals surface area contributed by atoms with Crippen molar-refractivity contribution in [2.24, 2.45) is 0 Å². The molecule has 0 amide bonds. The van der Waals surface area contributed by atoms with Gasteiger partial charge in [-0.15, -0.1) is 0 Å². The van der Waals surface area contributed by atoms with Crippen LogP contribution in [0.1, 0.15) is 6.92 Å². The monoisotopic (exact) mass is 199 g/mol. The summed E-state index contributed by atoms with van der Waals surface area (Å²) in [5.41, 5.74) is 1.02. The van der Waals surface area contributed by atoms with E-state index in [2.05, 4.69) is 0 Å². The van der Waals surface area contributed by atoms with Crippen molar-refractivity contribution in [3.8, 4) is 0 Å². The van der Waals surface area contributed by atoms with E-state index in [1.165, 1.54) is 0 Å². The SMILES string of the molecule is CC(O)CN(C)c1cccc(Cl)c1. The van der Waals surface area contributed by atoms with E-state index in [9.17, 15) is 5.11 Å². The topological polar surface area (TPSA) is 23.5 Å². The minimum absolute atomic E-state index is 0.330. The van der Waals surface area contributed by atoms with Gasteiger partial charge in [-0.25, -0.2) is 0 Å². The average Bonchev–Trinajstić information content (AvgIpc) is 2.03. The van der Waals surface area contributed by atoms with Gasteiger partial charge in [-0.05, 0) is 25.1 Å². The molecule has 2 nitrogen and oxygen atoms in total. The van der Waals surface area contributed by atoms with E-state index in [-0.39, 0.29) is 6.10 Å². The Bertz CT molecular complexity index is 275. The summed E-state index contributed by atoms with van der Waals surface area (Å²) in [4.78, 5) is 1.97. The summed E-state index contributed by atoms with van der Waals surface area (Å²) in [6, 6.07) is 7.58. The summed E-state index contributed by atoms with van der Waals surface area (Å²) < 4.78 is 0. The molecule has 13 heavy (non-hydrogen) atoms. The third-order valence-corrected chi connectivity index (χ3v) is 2.02. The number of benzene rings is 1. The molecule has 3 heteroatoms. The van der Waals surface area contributed by atoms with Crippen LogP contribution in [0.2, 0.25) is 5.02 Å². The van der Waals surface area contributed by atoms with Crippen LogP contribution in [-0.2, 0) is 0 Å². The lowest BCUT2D eigenvalue weighted by molar-refractivity contribution is 0.201. The highest BCUT2D eigenvalue weighted by Gasteiger charge is 2.03. The third kappa shape index (κ3) is 3.25. The number of halogens is 1. The van der Waals surface area contributed by atoms with Gasteiger partial charge >= 0.3 is 0 Å². The van der Waals surface area contributed by atoms with E-state index in [4.69, 9.17) is 11.6 Å². The molecule has 0 saturated heterocycles. The predicted molar refractivity (Wildman–Crippen MR) is 56.4 cm³/mol. The molecular weight excluding hydrogens is 186 g/mol. The first kappa shape index (κ1) is 10.4. The summed E-state index contributed by atoms with van der Waals surface area (Å²) in [5.74, 6) is 0. The molecule has 0 saturated carbocycles. The lowest BCUT2D eigenvalue weighted by atomic mass is 10.3. The van der Waals surface area contributed by atoms with Gasteiger partial charge in [-0.1, -0.05) is 17.7 Å². The summed E-state index contributed by atoms with van der Waals surface area (Å²) in [7, 11) is 1.93. The Hall–Kier alpha value is -0.730.